The highest BCUT2D eigenvalue weighted by Gasteiger charge is 2.20. The first-order chi connectivity index (χ1) is 10.7. The number of aryl methyl sites for hydroxylation is 1. The molecule has 0 radical (unpaired) electrons. The van der Waals surface area contributed by atoms with Crippen LogP contribution in [0, 0.1) is 6.92 Å². The van der Waals surface area contributed by atoms with Crippen molar-refractivity contribution >= 4 is 11.7 Å². The van der Waals surface area contributed by atoms with Crippen LogP contribution in [-0.2, 0) is 14.4 Å². The number of hydrogen-bond acceptors (Lipinski definition) is 5. The number of carbonyl (C=O) groups excluding carboxylic acids is 1. The molecule has 0 heterocycles. The van der Waals surface area contributed by atoms with Crippen molar-refractivity contribution in [1.82, 2.24) is 0 Å². The fourth-order valence-corrected chi connectivity index (χ4v) is 1.94. The van der Waals surface area contributed by atoms with Crippen LogP contribution >= 0.6 is 0 Å². The van der Waals surface area contributed by atoms with Gasteiger partial charge >= 0.3 is 5.97 Å². The maximum absolute atomic E-state index is 11.9. The quantitative estimate of drug-likeness (QED) is 0.483. The van der Waals surface area contributed by atoms with Gasteiger partial charge in [-0.15, -0.1) is 0 Å². The van der Waals surface area contributed by atoms with Crippen molar-refractivity contribution in [3.63, 3.8) is 0 Å². The molecule has 2 rings (SSSR count). The Labute approximate surface area is 129 Å². The second-order valence-corrected chi connectivity index (χ2v) is 4.53. The molecule has 0 bridgehead atoms. The molecule has 0 aliphatic rings. The van der Waals surface area contributed by atoms with Crippen molar-refractivity contribution in [2.45, 2.75) is 6.92 Å². The second-order valence-electron chi connectivity index (χ2n) is 4.53. The molecule has 0 saturated carbocycles. The number of para-hydroxylation sites is 1. The van der Waals surface area contributed by atoms with E-state index < -0.39 is 5.97 Å². The molecular weight excluding hydrogens is 282 g/mol. The fraction of sp³-hybridized carbons (Fsp3) is 0.176. The molecule has 114 valence electrons. The second kappa shape index (κ2) is 7.26. The third-order valence-electron chi connectivity index (χ3n) is 2.92. The average molecular weight is 299 g/mol. The van der Waals surface area contributed by atoms with Gasteiger partial charge in [0.1, 0.15) is 18.6 Å². The van der Waals surface area contributed by atoms with E-state index in [0.717, 1.165) is 5.56 Å². The van der Waals surface area contributed by atoms with Gasteiger partial charge in [-0.3, -0.25) is 0 Å². The van der Waals surface area contributed by atoms with Gasteiger partial charge in [-0.2, -0.15) is 0 Å². The van der Waals surface area contributed by atoms with Crippen LogP contribution < -0.4 is 4.74 Å². The summed E-state index contributed by atoms with van der Waals surface area (Å²) >= 11 is 0. The van der Waals surface area contributed by atoms with Crippen LogP contribution in [0.5, 0.6) is 11.5 Å². The summed E-state index contributed by atoms with van der Waals surface area (Å²) in [5.74, 6) is 0.575. The molecule has 0 N–H and O–H groups in total. The number of ether oxygens (including phenoxy) is 2. The Hall–Kier alpha value is -2.82. The van der Waals surface area contributed by atoms with Crippen molar-refractivity contribution in [3.05, 3.63) is 59.7 Å². The van der Waals surface area contributed by atoms with E-state index in [1.807, 2.05) is 37.3 Å². The zero-order valence-electron chi connectivity index (χ0n) is 12.7. The van der Waals surface area contributed by atoms with E-state index in [9.17, 15) is 4.79 Å². The zero-order chi connectivity index (χ0) is 15.9. The minimum Gasteiger partial charge on any atom is -0.464 e. The molecule has 0 aromatic heterocycles. The minimum absolute atomic E-state index is 0.0493. The van der Waals surface area contributed by atoms with Crippen LogP contribution in [-0.4, -0.2) is 25.9 Å². The summed E-state index contributed by atoms with van der Waals surface area (Å²) in [6.07, 6.45) is 0. The molecule has 0 fully saturated rings. The lowest BCUT2D eigenvalue weighted by Gasteiger charge is -2.12. The summed E-state index contributed by atoms with van der Waals surface area (Å²) in [6, 6.07) is 14.7. The molecule has 0 amide bonds. The third-order valence-corrected chi connectivity index (χ3v) is 2.92. The Kier molecular flexibility index (Phi) is 5.14. The van der Waals surface area contributed by atoms with E-state index in [-0.39, 0.29) is 5.71 Å². The first-order valence-electron chi connectivity index (χ1n) is 6.69. The van der Waals surface area contributed by atoms with Gasteiger partial charge in [0.2, 0.25) is 0 Å². The van der Waals surface area contributed by atoms with Gasteiger partial charge in [-0.25, -0.2) is 4.79 Å². The van der Waals surface area contributed by atoms with Gasteiger partial charge in [0, 0.05) is 0 Å². The number of oxime groups is 1. The topological polar surface area (TPSA) is 57.1 Å². The number of carbonyl (C=O) groups is 1. The van der Waals surface area contributed by atoms with Crippen LogP contribution in [0.1, 0.15) is 11.1 Å². The lowest BCUT2D eigenvalue weighted by atomic mass is 10.1. The van der Waals surface area contributed by atoms with Crippen molar-refractivity contribution < 1.29 is 19.1 Å². The average Bonchev–Trinajstić information content (AvgIpc) is 2.53. The zero-order valence-corrected chi connectivity index (χ0v) is 12.7. The molecule has 0 spiro atoms. The first-order valence-corrected chi connectivity index (χ1v) is 6.69. The molecule has 2 aromatic rings. The highest BCUT2D eigenvalue weighted by Crippen LogP contribution is 2.26. The Morgan fingerprint density at radius 2 is 1.82 bits per heavy atom. The van der Waals surface area contributed by atoms with Gasteiger partial charge in [0.05, 0.1) is 12.7 Å². The first kappa shape index (κ1) is 15.6. The van der Waals surface area contributed by atoms with Gasteiger partial charge < -0.3 is 14.3 Å². The third kappa shape index (κ3) is 3.63. The highest BCUT2D eigenvalue weighted by atomic mass is 16.6. The van der Waals surface area contributed by atoms with E-state index >= 15 is 0 Å². The monoisotopic (exact) mass is 299 g/mol. The fourth-order valence-electron chi connectivity index (χ4n) is 1.94. The molecule has 22 heavy (non-hydrogen) atoms. The van der Waals surface area contributed by atoms with Gasteiger partial charge in [0.25, 0.3) is 0 Å². The lowest BCUT2D eigenvalue weighted by molar-refractivity contribution is -0.132. The molecule has 0 unspecified atom stereocenters. The van der Waals surface area contributed by atoms with Crippen molar-refractivity contribution in [1.29, 1.82) is 0 Å². The molecule has 2 aromatic carbocycles. The van der Waals surface area contributed by atoms with E-state index in [2.05, 4.69) is 5.16 Å². The molecule has 5 nitrogen and oxygen atoms in total. The van der Waals surface area contributed by atoms with Crippen LogP contribution in [0.3, 0.4) is 0 Å². The number of rotatable bonds is 5. The molecule has 0 aliphatic carbocycles. The number of benzene rings is 2. The SMILES string of the molecule is CON=C(C(=O)OC)c1ccccc1Oc1cccc(C)c1. The molecule has 0 saturated heterocycles. The van der Waals surface area contributed by atoms with Crippen molar-refractivity contribution in [2.24, 2.45) is 5.16 Å². The normalized spacial score (nSPS) is 11.0. The standard InChI is InChI=1S/C17H17NO4/c1-12-7-6-8-13(11-12)22-15-10-5-4-9-14(15)16(18-21-3)17(19)20-2/h4-11H,1-3H3. The summed E-state index contributed by atoms with van der Waals surface area (Å²) in [4.78, 5) is 16.6. The highest BCUT2D eigenvalue weighted by molar-refractivity contribution is 6.43. The molecule has 0 aliphatic heterocycles. The number of hydrogen-bond donors (Lipinski definition) is 0. The molecule has 5 heteroatoms. The van der Waals surface area contributed by atoms with E-state index in [1.165, 1.54) is 14.2 Å². The van der Waals surface area contributed by atoms with E-state index in [0.29, 0.717) is 17.1 Å². The van der Waals surface area contributed by atoms with Gasteiger partial charge in [0.15, 0.2) is 5.71 Å². The lowest BCUT2D eigenvalue weighted by Crippen LogP contribution is -2.18. The summed E-state index contributed by atoms with van der Waals surface area (Å²) in [5.41, 5.74) is 1.62. The summed E-state index contributed by atoms with van der Waals surface area (Å²) in [5, 5.41) is 3.75. The predicted octanol–water partition coefficient (Wildman–Crippen LogP) is 3.31. The number of esters is 1. The summed E-state index contributed by atoms with van der Waals surface area (Å²) in [7, 11) is 2.66. The van der Waals surface area contributed by atoms with E-state index in [1.54, 1.807) is 18.2 Å². The Bertz CT molecular complexity index is 695. The summed E-state index contributed by atoms with van der Waals surface area (Å²) in [6.45, 7) is 1.98. The summed E-state index contributed by atoms with van der Waals surface area (Å²) < 4.78 is 10.6. The van der Waals surface area contributed by atoms with Crippen LogP contribution in [0.15, 0.2) is 53.7 Å². The minimum atomic E-state index is -0.595. The van der Waals surface area contributed by atoms with Gasteiger partial charge in [-0.1, -0.05) is 29.4 Å². The van der Waals surface area contributed by atoms with Crippen LogP contribution in [0.25, 0.3) is 0 Å². The number of nitrogens with zero attached hydrogens (tertiary/aromatic N) is 1. The van der Waals surface area contributed by atoms with Gasteiger partial charge in [-0.05, 0) is 36.8 Å². The Balaban J connectivity index is 2.41. The Morgan fingerprint density at radius 3 is 2.50 bits per heavy atom. The van der Waals surface area contributed by atoms with Crippen molar-refractivity contribution in [2.75, 3.05) is 14.2 Å². The van der Waals surface area contributed by atoms with Crippen molar-refractivity contribution in [3.8, 4) is 11.5 Å². The molecular formula is C17H17NO4. The number of methoxy groups -OCH3 is 1. The van der Waals surface area contributed by atoms with Crippen LogP contribution in [0.2, 0.25) is 0 Å². The van der Waals surface area contributed by atoms with Crippen LogP contribution in [0.4, 0.5) is 0 Å². The largest absolute Gasteiger partial charge is 0.464 e. The maximum Gasteiger partial charge on any atom is 0.360 e. The van der Waals surface area contributed by atoms with E-state index in [4.69, 9.17) is 14.3 Å². The smallest absolute Gasteiger partial charge is 0.360 e. The molecule has 0 atom stereocenters. The Morgan fingerprint density at radius 1 is 1.05 bits per heavy atom. The maximum atomic E-state index is 11.9. The predicted molar refractivity (Wildman–Crippen MR) is 83.3 cm³/mol.